The van der Waals surface area contributed by atoms with Crippen LogP contribution in [0.4, 0.5) is 4.39 Å². The summed E-state index contributed by atoms with van der Waals surface area (Å²) in [6.07, 6.45) is 0. The molecule has 0 saturated heterocycles. The third-order valence-corrected chi connectivity index (χ3v) is 4.36. The Morgan fingerprint density at radius 3 is 2.72 bits per heavy atom. The van der Waals surface area contributed by atoms with Gasteiger partial charge in [-0.05, 0) is 42.5 Å². The summed E-state index contributed by atoms with van der Waals surface area (Å²) >= 11 is 6.91. The number of ether oxygens (including phenoxy) is 1. The molecule has 2 aromatic carbocycles. The van der Waals surface area contributed by atoms with Gasteiger partial charge in [0.05, 0.1) is 18.4 Å². The highest BCUT2D eigenvalue weighted by molar-refractivity contribution is 7.99. The largest absolute Gasteiger partial charge is 0.496 e. The summed E-state index contributed by atoms with van der Waals surface area (Å²) in [4.78, 5) is 12.3. The number of hydrogen-bond acceptors (Lipinski definition) is 6. The van der Waals surface area contributed by atoms with Crippen molar-refractivity contribution in [2.75, 3.05) is 12.9 Å². The predicted octanol–water partition coefficient (Wildman–Crippen LogP) is 4.51. The van der Waals surface area contributed by atoms with Crippen molar-refractivity contribution in [2.45, 2.75) is 5.22 Å². The number of aromatic nitrogens is 2. The molecule has 0 unspecified atom stereocenters. The Hall–Kier alpha value is -2.38. The van der Waals surface area contributed by atoms with E-state index in [4.69, 9.17) is 20.8 Å². The average molecular weight is 379 g/mol. The van der Waals surface area contributed by atoms with E-state index in [9.17, 15) is 9.18 Å². The zero-order valence-corrected chi connectivity index (χ0v) is 14.6. The van der Waals surface area contributed by atoms with Gasteiger partial charge in [0, 0.05) is 10.6 Å². The maximum Gasteiger partial charge on any atom is 0.277 e. The molecule has 0 amide bonds. The molecule has 0 aliphatic carbocycles. The van der Waals surface area contributed by atoms with Crippen molar-refractivity contribution in [1.29, 1.82) is 0 Å². The number of methoxy groups -OCH3 is 1. The van der Waals surface area contributed by atoms with Gasteiger partial charge in [-0.3, -0.25) is 4.79 Å². The standard InChI is InChI=1S/C17H12ClFN2O3S/c1-23-15-7-6-12(19)8-13(15)14(22)9-25-17-21-20-16(24-17)10-2-4-11(18)5-3-10/h2-8H,9H2,1H3. The van der Waals surface area contributed by atoms with Gasteiger partial charge < -0.3 is 9.15 Å². The van der Waals surface area contributed by atoms with Crippen LogP contribution in [0.5, 0.6) is 5.75 Å². The summed E-state index contributed by atoms with van der Waals surface area (Å²) < 4.78 is 24.0. The molecule has 1 heterocycles. The van der Waals surface area contributed by atoms with Gasteiger partial charge in [-0.1, -0.05) is 23.4 Å². The number of nitrogens with zero attached hydrogens (tertiary/aromatic N) is 2. The number of ketones is 1. The molecule has 3 rings (SSSR count). The Kier molecular flexibility index (Phi) is 5.35. The van der Waals surface area contributed by atoms with Crippen LogP contribution in [0.25, 0.3) is 11.5 Å². The van der Waals surface area contributed by atoms with Crippen molar-refractivity contribution in [3.63, 3.8) is 0 Å². The normalized spacial score (nSPS) is 10.7. The maximum atomic E-state index is 13.4. The summed E-state index contributed by atoms with van der Waals surface area (Å²) in [6.45, 7) is 0. The Morgan fingerprint density at radius 1 is 1.24 bits per heavy atom. The lowest BCUT2D eigenvalue weighted by Crippen LogP contribution is -2.05. The Morgan fingerprint density at radius 2 is 2.00 bits per heavy atom. The zero-order chi connectivity index (χ0) is 17.8. The van der Waals surface area contributed by atoms with E-state index in [1.54, 1.807) is 24.3 Å². The molecule has 1 aromatic heterocycles. The SMILES string of the molecule is COc1ccc(F)cc1C(=O)CSc1nnc(-c2ccc(Cl)cc2)o1. The first-order valence-corrected chi connectivity index (χ1v) is 8.52. The van der Waals surface area contributed by atoms with E-state index in [1.165, 1.54) is 19.2 Å². The summed E-state index contributed by atoms with van der Waals surface area (Å²) in [6, 6.07) is 10.7. The molecule has 0 fully saturated rings. The van der Waals surface area contributed by atoms with E-state index in [2.05, 4.69) is 10.2 Å². The predicted molar refractivity (Wildman–Crippen MR) is 92.8 cm³/mol. The molecule has 5 nitrogen and oxygen atoms in total. The van der Waals surface area contributed by atoms with Crippen LogP contribution in [0.3, 0.4) is 0 Å². The fourth-order valence-electron chi connectivity index (χ4n) is 2.08. The number of thioether (sulfide) groups is 1. The number of benzene rings is 2. The third kappa shape index (κ3) is 4.18. The second-order valence-corrected chi connectivity index (χ2v) is 6.30. The number of carbonyl (C=O) groups is 1. The first kappa shape index (κ1) is 17.4. The maximum absolute atomic E-state index is 13.4. The molecule has 0 N–H and O–H groups in total. The molecular weight excluding hydrogens is 367 g/mol. The zero-order valence-electron chi connectivity index (χ0n) is 13.0. The highest BCUT2D eigenvalue weighted by Gasteiger charge is 2.16. The van der Waals surface area contributed by atoms with Crippen molar-refractivity contribution in [3.8, 4) is 17.2 Å². The number of carbonyl (C=O) groups excluding carboxylic acids is 1. The average Bonchev–Trinajstić information content (AvgIpc) is 3.09. The minimum atomic E-state index is -0.503. The van der Waals surface area contributed by atoms with Gasteiger partial charge in [0.15, 0.2) is 5.78 Å². The van der Waals surface area contributed by atoms with Gasteiger partial charge in [-0.2, -0.15) is 0 Å². The van der Waals surface area contributed by atoms with Crippen molar-refractivity contribution in [2.24, 2.45) is 0 Å². The fourth-order valence-corrected chi connectivity index (χ4v) is 2.85. The molecular formula is C17H12ClFN2O3S. The molecule has 25 heavy (non-hydrogen) atoms. The van der Waals surface area contributed by atoms with Crippen LogP contribution < -0.4 is 4.74 Å². The van der Waals surface area contributed by atoms with Gasteiger partial charge in [-0.15, -0.1) is 10.2 Å². The Labute approximate surface area is 152 Å². The van der Waals surface area contributed by atoms with E-state index in [0.717, 1.165) is 23.4 Å². The van der Waals surface area contributed by atoms with Gasteiger partial charge in [0.2, 0.25) is 5.89 Å². The summed E-state index contributed by atoms with van der Waals surface area (Å²) in [5.74, 6) is -0.138. The van der Waals surface area contributed by atoms with Crippen LogP contribution in [-0.2, 0) is 0 Å². The molecule has 0 bridgehead atoms. The van der Waals surface area contributed by atoms with Crippen LogP contribution in [0, 0.1) is 5.82 Å². The molecule has 128 valence electrons. The van der Waals surface area contributed by atoms with Gasteiger partial charge in [-0.25, -0.2) is 4.39 Å². The van der Waals surface area contributed by atoms with Crippen molar-refractivity contribution >= 4 is 29.1 Å². The van der Waals surface area contributed by atoms with E-state index in [1.807, 2.05) is 0 Å². The quantitative estimate of drug-likeness (QED) is 0.464. The minimum absolute atomic E-state index is 0.0159. The lowest BCUT2D eigenvalue weighted by Gasteiger charge is -2.06. The Bertz CT molecular complexity index is 899. The summed E-state index contributed by atoms with van der Waals surface area (Å²) in [7, 11) is 1.42. The highest BCUT2D eigenvalue weighted by Crippen LogP contribution is 2.26. The first-order valence-electron chi connectivity index (χ1n) is 7.16. The highest BCUT2D eigenvalue weighted by atomic mass is 35.5. The molecule has 0 aliphatic heterocycles. The molecule has 0 atom stereocenters. The molecule has 0 radical (unpaired) electrons. The van der Waals surface area contributed by atoms with Crippen molar-refractivity contribution in [3.05, 3.63) is 58.9 Å². The van der Waals surface area contributed by atoms with E-state index in [0.29, 0.717) is 16.7 Å². The number of rotatable bonds is 6. The molecule has 0 saturated carbocycles. The molecule has 8 heteroatoms. The monoisotopic (exact) mass is 378 g/mol. The van der Waals surface area contributed by atoms with E-state index < -0.39 is 5.82 Å². The number of Topliss-reactive ketones (excluding diaryl/α,β-unsaturated/α-hetero) is 1. The second kappa shape index (κ2) is 7.67. The van der Waals surface area contributed by atoms with Crippen LogP contribution >= 0.6 is 23.4 Å². The topological polar surface area (TPSA) is 65.2 Å². The van der Waals surface area contributed by atoms with Crippen molar-refractivity contribution < 1.29 is 18.3 Å². The number of hydrogen-bond donors (Lipinski definition) is 0. The lowest BCUT2D eigenvalue weighted by molar-refractivity contribution is 0.101. The summed E-state index contributed by atoms with van der Waals surface area (Å²) in [5, 5.41) is 8.68. The number of halogens is 2. The molecule has 0 aliphatic rings. The Balaban J connectivity index is 1.69. The summed E-state index contributed by atoms with van der Waals surface area (Å²) in [5.41, 5.74) is 0.898. The minimum Gasteiger partial charge on any atom is -0.496 e. The lowest BCUT2D eigenvalue weighted by atomic mass is 10.1. The van der Waals surface area contributed by atoms with E-state index >= 15 is 0 Å². The van der Waals surface area contributed by atoms with Crippen LogP contribution in [0.2, 0.25) is 5.02 Å². The van der Waals surface area contributed by atoms with E-state index in [-0.39, 0.29) is 22.3 Å². The fraction of sp³-hybridized carbons (Fsp3) is 0.118. The first-order chi connectivity index (χ1) is 12.1. The molecule has 0 spiro atoms. The third-order valence-electron chi connectivity index (χ3n) is 3.29. The van der Waals surface area contributed by atoms with Gasteiger partial charge in [0.1, 0.15) is 11.6 Å². The van der Waals surface area contributed by atoms with Crippen molar-refractivity contribution in [1.82, 2.24) is 10.2 Å². The molecule has 3 aromatic rings. The van der Waals surface area contributed by atoms with Crippen LogP contribution in [0.15, 0.2) is 52.1 Å². The second-order valence-electron chi connectivity index (χ2n) is 4.94. The van der Waals surface area contributed by atoms with Gasteiger partial charge in [0.25, 0.3) is 5.22 Å². The van der Waals surface area contributed by atoms with Crippen LogP contribution in [-0.4, -0.2) is 28.8 Å². The van der Waals surface area contributed by atoms with Gasteiger partial charge >= 0.3 is 0 Å². The van der Waals surface area contributed by atoms with Crippen LogP contribution in [0.1, 0.15) is 10.4 Å². The smallest absolute Gasteiger partial charge is 0.277 e.